The summed E-state index contributed by atoms with van der Waals surface area (Å²) < 4.78 is 1.64. The van der Waals surface area contributed by atoms with Crippen LogP contribution in [0, 0.1) is 10.1 Å². The van der Waals surface area contributed by atoms with Gasteiger partial charge < -0.3 is 10.2 Å². The quantitative estimate of drug-likeness (QED) is 0.659. The van der Waals surface area contributed by atoms with E-state index in [2.05, 4.69) is 22.2 Å². The first kappa shape index (κ1) is 13.8. The van der Waals surface area contributed by atoms with Gasteiger partial charge in [0.05, 0.1) is 4.92 Å². The highest BCUT2D eigenvalue weighted by Crippen LogP contribution is 2.35. The Bertz CT molecular complexity index is 483. The van der Waals surface area contributed by atoms with Crippen molar-refractivity contribution >= 4 is 11.5 Å². The smallest absolute Gasteiger partial charge is 0.334 e. The predicted octanol–water partition coefficient (Wildman–Crippen LogP) is 1.25. The summed E-state index contributed by atoms with van der Waals surface area (Å²) in [4.78, 5) is 13.1. The van der Waals surface area contributed by atoms with Gasteiger partial charge in [0.2, 0.25) is 5.82 Å². The Morgan fingerprint density at radius 3 is 2.74 bits per heavy atom. The Hall–Kier alpha value is -1.63. The van der Waals surface area contributed by atoms with Crippen molar-refractivity contribution in [3.63, 3.8) is 0 Å². The fourth-order valence-corrected chi connectivity index (χ4v) is 2.57. The van der Waals surface area contributed by atoms with E-state index in [1.54, 1.807) is 11.7 Å². The lowest BCUT2D eigenvalue weighted by Gasteiger charge is -2.32. The van der Waals surface area contributed by atoms with Crippen LogP contribution in [0.3, 0.4) is 0 Å². The van der Waals surface area contributed by atoms with Crippen LogP contribution in [0.15, 0.2) is 0 Å². The summed E-state index contributed by atoms with van der Waals surface area (Å²) in [5, 5.41) is 19.1. The molecular weight excluding hydrogens is 246 g/mol. The lowest BCUT2D eigenvalue weighted by molar-refractivity contribution is -0.385. The average Bonchev–Trinajstić information content (AvgIpc) is 2.67. The highest BCUT2D eigenvalue weighted by molar-refractivity contribution is 5.62. The normalized spacial score (nSPS) is 20.1. The molecular formula is C12H21N5O2. The van der Waals surface area contributed by atoms with Crippen LogP contribution in [0.5, 0.6) is 0 Å². The molecule has 0 saturated carbocycles. The molecule has 7 nitrogen and oxygen atoms in total. The first-order valence-corrected chi connectivity index (χ1v) is 6.61. The topological polar surface area (TPSA) is 76.2 Å². The molecule has 1 atom stereocenters. The zero-order valence-electron chi connectivity index (χ0n) is 11.9. The van der Waals surface area contributed by atoms with Gasteiger partial charge in [0.25, 0.3) is 0 Å². The van der Waals surface area contributed by atoms with Gasteiger partial charge in [0.1, 0.15) is 5.69 Å². The number of piperazine rings is 1. The fourth-order valence-electron chi connectivity index (χ4n) is 2.57. The van der Waals surface area contributed by atoms with E-state index in [9.17, 15) is 10.1 Å². The third-order valence-electron chi connectivity index (χ3n) is 3.42. The van der Waals surface area contributed by atoms with Gasteiger partial charge in [0, 0.05) is 38.6 Å². The maximum Gasteiger partial charge on any atom is 0.334 e. The highest BCUT2D eigenvalue weighted by atomic mass is 16.6. The second kappa shape index (κ2) is 5.16. The molecule has 7 heteroatoms. The molecule has 2 heterocycles. The lowest BCUT2D eigenvalue weighted by atomic mass is 10.1. The molecule has 1 saturated heterocycles. The van der Waals surface area contributed by atoms with E-state index in [1.807, 2.05) is 13.8 Å². The van der Waals surface area contributed by atoms with Crippen molar-refractivity contribution in [2.24, 2.45) is 7.05 Å². The highest BCUT2D eigenvalue weighted by Gasteiger charge is 2.33. The number of aryl methyl sites for hydroxylation is 1. The molecule has 0 bridgehead atoms. The van der Waals surface area contributed by atoms with Crippen molar-refractivity contribution in [3.05, 3.63) is 15.8 Å². The maximum atomic E-state index is 11.4. The van der Waals surface area contributed by atoms with Crippen molar-refractivity contribution in [1.29, 1.82) is 0 Å². The van der Waals surface area contributed by atoms with Gasteiger partial charge in [-0.05, 0) is 6.92 Å². The largest absolute Gasteiger partial charge is 0.348 e. The van der Waals surface area contributed by atoms with Crippen LogP contribution in [0.2, 0.25) is 0 Å². The zero-order valence-corrected chi connectivity index (χ0v) is 11.9. The van der Waals surface area contributed by atoms with Crippen molar-refractivity contribution in [1.82, 2.24) is 15.1 Å². The SMILES string of the molecule is CC(C)c1nn(C)c(N2CCN[C@H](C)C2)c1[N+](=O)[O-]. The second-order valence-electron chi connectivity index (χ2n) is 5.39. The molecule has 106 valence electrons. The maximum absolute atomic E-state index is 11.4. The predicted molar refractivity (Wildman–Crippen MR) is 73.6 cm³/mol. The number of aromatic nitrogens is 2. The van der Waals surface area contributed by atoms with Crippen LogP contribution >= 0.6 is 0 Å². The molecule has 0 aliphatic carbocycles. The third-order valence-corrected chi connectivity index (χ3v) is 3.42. The van der Waals surface area contributed by atoms with Crippen LogP contribution in [0.1, 0.15) is 32.4 Å². The molecule has 1 aromatic rings. The van der Waals surface area contributed by atoms with Crippen molar-refractivity contribution < 1.29 is 4.92 Å². The minimum Gasteiger partial charge on any atom is -0.348 e. The van der Waals surface area contributed by atoms with Crippen LogP contribution in [0.4, 0.5) is 11.5 Å². The monoisotopic (exact) mass is 267 g/mol. The molecule has 19 heavy (non-hydrogen) atoms. The number of anilines is 1. The van der Waals surface area contributed by atoms with E-state index >= 15 is 0 Å². The number of hydrogen-bond donors (Lipinski definition) is 1. The first-order chi connectivity index (χ1) is 8.91. The molecule has 1 fully saturated rings. The van der Waals surface area contributed by atoms with Crippen molar-refractivity contribution in [3.8, 4) is 0 Å². The van der Waals surface area contributed by atoms with Gasteiger partial charge >= 0.3 is 5.69 Å². The van der Waals surface area contributed by atoms with Gasteiger partial charge in [-0.2, -0.15) is 5.10 Å². The molecule has 0 spiro atoms. The average molecular weight is 267 g/mol. The Morgan fingerprint density at radius 1 is 1.53 bits per heavy atom. The summed E-state index contributed by atoms with van der Waals surface area (Å²) in [7, 11) is 1.78. The van der Waals surface area contributed by atoms with Gasteiger partial charge in [-0.1, -0.05) is 13.8 Å². The Kier molecular flexibility index (Phi) is 3.75. The number of rotatable bonds is 3. The fraction of sp³-hybridized carbons (Fsp3) is 0.750. The van der Waals surface area contributed by atoms with Crippen molar-refractivity contribution in [2.75, 3.05) is 24.5 Å². The molecule has 1 aliphatic rings. The molecule has 0 amide bonds. The van der Waals surface area contributed by atoms with E-state index < -0.39 is 0 Å². The number of hydrogen-bond acceptors (Lipinski definition) is 5. The molecule has 1 N–H and O–H groups in total. The Morgan fingerprint density at radius 2 is 2.21 bits per heavy atom. The number of nitrogens with zero attached hydrogens (tertiary/aromatic N) is 4. The van der Waals surface area contributed by atoms with E-state index in [4.69, 9.17) is 0 Å². The van der Waals surface area contributed by atoms with Crippen LogP contribution in [0.25, 0.3) is 0 Å². The molecule has 1 aromatic heterocycles. The molecule has 0 unspecified atom stereocenters. The van der Waals surface area contributed by atoms with Gasteiger partial charge in [-0.25, -0.2) is 4.68 Å². The first-order valence-electron chi connectivity index (χ1n) is 6.61. The van der Waals surface area contributed by atoms with Gasteiger partial charge in [0.15, 0.2) is 0 Å². The minimum absolute atomic E-state index is 0.0423. The van der Waals surface area contributed by atoms with Crippen LogP contribution in [-0.2, 0) is 7.05 Å². The van der Waals surface area contributed by atoms with Gasteiger partial charge in [-0.15, -0.1) is 0 Å². The van der Waals surface area contributed by atoms with E-state index in [-0.39, 0.29) is 16.5 Å². The summed E-state index contributed by atoms with van der Waals surface area (Å²) >= 11 is 0. The van der Waals surface area contributed by atoms with E-state index in [1.165, 1.54) is 0 Å². The second-order valence-corrected chi connectivity index (χ2v) is 5.39. The number of nitro groups is 1. The zero-order chi connectivity index (χ0) is 14.2. The summed E-state index contributed by atoms with van der Waals surface area (Å²) in [5.74, 6) is 0.669. The number of nitrogens with one attached hydrogen (secondary N) is 1. The van der Waals surface area contributed by atoms with Crippen molar-refractivity contribution in [2.45, 2.75) is 32.7 Å². The van der Waals surface area contributed by atoms with Gasteiger partial charge in [-0.3, -0.25) is 10.1 Å². The minimum atomic E-state index is -0.301. The molecule has 1 aliphatic heterocycles. The summed E-state index contributed by atoms with van der Waals surface area (Å²) in [6.07, 6.45) is 0. The van der Waals surface area contributed by atoms with E-state index in [0.717, 1.165) is 19.6 Å². The van der Waals surface area contributed by atoms with Crippen LogP contribution in [-0.4, -0.2) is 40.4 Å². The Balaban J connectivity index is 2.46. The standard InChI is InChI=1S/C12H21N5O2/c1-8(2)10-11(17(18)19)12(15(4)14-10)16-6-5-13-9(3)7-16/h8-9,13H,5-7H2,1-4H3/t9-/m1/s1. The molecule has 2 rings (SSSR count). The molecule has 0 radical (unpaired) electrons. The lowest BCUT2D eigenvalue weighted by Crippen LogP contribution is -2.50. The van der Waals surface area contributed by atoms with E-state index in [0.29, 0.717) is 17.6 Å². The Labute approximate surface area is 112 Å². The summed E-state index contributed by atoms with van der Waals surface area (Å²) in [6, 6.07) is 0.325. The third kappa shape index (κ3) is 2.56. The summed E-state index contributed by atoms with van der Waals surface area (Å²) in [6.45, 7) is 8.30. The van der Waals surface area contributed by atoms with Crippen LogP contribution < -0.4 is 10.2 Å². The summed E-state index contributed by atoms with van der Waals surface area (Å²) in [5.41, 5.74) is 0.722. The molecule has 0 aromatic carbocycles.